The first-order valence-electron chi connectivity index (χ1n) is 6.53. The smallest absolute Gasteiger partial charge is 0.416 e. The molecule has 1 heterocycles. The van der Waals surface area contributed by atoms with Gasteiger partial charge < -0.3 is 4.74 Å². The minimum Gasteiger partial charge on any atom is -0.439 e. The summed E-state index contributed by atoms with van der Waals surface area (Å²) in [5, 5.41) is 0. The van der Waals surface area contributed by atoms with E-state index >= 15 is 0 Å². The molecule has 0 bridgehead atoms. The Bertz CT molecular complexity index is 566. The van der Waals surface area contributed by atoms with Crippen molar-refractivity contribution in [3.05, 3.63) is 47.7 Å². The number of amides is 1. The topological polar surface area (TPSA) is 29.5 Å². The number of carbonyl (C=O) groups is 1. The highest BCUT2D eigenvalue weighted by Gasteiger charge is 2.37. The molecular weight excluding hydrogens is 283 g/mol. The number of rotatable bonds is 3. The third kappa shape index (κ3) is 3.20. The zero-order chi connectivity index (χ0) is 15.8. The Morgan fingerprint density at radius 3 is 2.57 bits per heavy atom. The predicted molar refractivity (Wildman–Crippen MR) is 71.2 cm³/mol. The van der Waals surface area contributed by atoms with Crippen molar-refractivity contribution in [3.63, 3.8) is 0 Å². The van der Waals surface area contributed by atoms with E-state index in [4.69, 9.17) is 4.74 Å². The van der Waals surface area contributed by atoms with Crippen molar-refractivity contribution in [1.82, 2.24) is 4.90 Å². The largest absolute Gasteiger partial charge is 0.439 e. The lowest BCUT2D eigenvalue weighted by molar-refractivity contribution is -0.137. The van der Waals surface area contributed by atoms with Crippen LogP contribution < -0.4 is 0 Å². The number of carbonyl (C=O) groups excluding carboxylic acids is 1. The third-order valence-corrected chi connectivity index (χ3v) is 3.32. The number of alkyl halides is 3. The molecule has 21 heavy (non-hydrogen) atoms. The number of cyclic esters (lactones) is 1. The first-order valence-corrected chi connectivity index (χ1v) is 6.53. The average molecular weight is 299 g/mol. The number of hydrogen-bond donors (Lipinski definition) is 0. The van der Waals surface area contributed by atoms with Crippen LogP contribution in [0, 0.1) is 5.92 Å². The Morgan fingerprint density at radius 2 is 2.05 bits per heavy atom. The van der Waals surface area contributed by atoms with Gasteiger partial charge >= 0.3 is 12.3 Å². The van der Waals surface area contributed by atoms with E-state index in [1.807, 2.05) is 13.8 Å². The second-order valence-corrected chi connectivity index (χ2v) is 5.32. The number of benzene rings is 1. The van der Waals surface area contributed by atoms with Gasteiger partial charge in [-0.1, -0.05) is 32.6 Å². The summed E-state index contributed by atoms with van der Waals surface area (Å²) in [6, 6.07) is 4.89. The molecule has 1 amide bonds. The van der Waals surface area contributed by atoms with E-state index in [-0.39, 0.29) is 12.5 Å². The van der Waals surface area contributed by atoms with Gasteiger partial charge in [0.1, 0.15) is 6.10 Å². The maximum Gasteiger partial charge on any atom is 0.416 e. The van der Waals surface area contributed by atoms with Crippen molar-refractivity contribution in [1.29, 1.82) is 0 Å². The minimum atomic E-state index is -4.40. The molecular formula is C15H16F3NO2. The van der Waals surface area contributed by atoms with Crippen LogP contribution in [0.3, 0.4) is 0 Å². The summed E-state index contributed by atoms with van der Waals surface area (Å²) in [6.07, 6.45) is -5.40. The zero-order valence-corrected chi connectivity index (χ0v) is 11.8. The molecule has 0 spiro atoms. The van der Waals surface area contributed by atoms with Crippen LogP contribution in [0.15, 0.2) is 36.5 Å². The van der Waals surface area contributed by atoms with Gasteiger partial charge in [-0.05, 0) is 23.6 Å². The van der Waals surface area contributed by atoms with Gasteiger partial charge in [-0.2, -0.15) is 13.2 Å². The summed E-state index contributed by atoms with van der Waals surface area (Å²) < 4.78 is 43.2. The van der Waals surface area contributed by atoms with Crippen molar-refractivity contribution in [2.45, 2.75) is 32.7 Å². The molecule has 1 aromatic carbocycles. The van der Waals surface area contributed by atoms with Crippen LogP contribution in [0.1, 0.15) is 25.0 Å². The van der Waals surface area contributed by atoms with Gasteiger partial charge in [-0.15, -0.1) is 0 Å². The Labute approximate surface area is 121 Å². The maximum absolute atomic E-state index is 12.7. The van der Waals surface area contributed by atoms with Crippen LogP contribution in [0.4, 0.5) is 18.0 Å². The normalized spacial score (nSPS) is 19.3. The van der Waals surface area contributed by atoms with E-state index in [1.54, 1.807) is 6.07 Å². The van der Waals surface area contributed by atoms with Crippen molar-refractivity contribution in [3.8, 4) is 0 Å². The molecule has 1 aliphatic heterocycles. The van der Waals surface area contributed by atoms with Crippen molar-refractivity contribution in [2.75, 3.05) is 0 Å². The van der Waals surface area contributed by atoms with Gasteiger partial charge in [0.15, 0.2) is 0 Å². The monoisotopic (exact) mass is 299 g/mol. The molecule has 0 aromatic heterocycles. The van der Waals surface area contributed by atoms with Crippen LogP contribution in [-0.4, -0.2) is 17.1 Å². The highest BCUT2D eigenvalue weighted by atomic mass is 19.4. The van der Waals surface area contributed by atoms with E-state index in [2.05, 4.69) is 6.58 Å². The first-order chi connectivity index (χ1) is 9.70. The molecule has 6 heteroatoms. The molecule has 0 radical (unpaired) electrons. The van der Waals surface area contributed by atoms with Crippen LogP contribution in [0.25, 0.3) is 0 Å². The van der Waals surface area contributed by atoms with Crippen molar-refractivity contribution >= 4 is 6.09 Å². The summed E-state index contributed by atoms with van der Waals surface area (Å²) in [6.45, 7) is 7.60. The summed E-state index contributed by atoms with van der Waals surface area (Å²) in [5.41, 5.74) is 0.123. The van der Waals surface area contributed by atoms with E-state index in [0.29, 0.717) is 11.3 Å². The number of hydrogen-bond acceptors (Lipinski definition) is 2. The third-order valence-electron chi connectivity index (χ3n) is 3.32. The number of halogens is 3. The first kappa shape index (κ1) is 15.4. The standard InChI is InChI=1S/C15H16F3NO2/c1-9(2)13-10(3)19(14(20)21-13)8-11-5-4-6-12(7-11)15(16,17)18/h4-7,9,13H,3,8H2,1-2H3/t13-/m1/s1. The van der Waals surface area contributed by atoms with E-state index in [0.717, 1.165) is 12.1 Å². The van der Waals surface area contributed by atoms with Crippen LogP contribution in [0.2, 0.25) is 0 Å². The SMILES string of the molecule is C=C1[C@@H](C(C)C)OC(=O)N1Cc1cccc(C(F)(F)F)c1. The Kier molecular flexibility index (Phi) is 3.98. The molecule has 1 saturated heterocycles. The molecule has 3 nitrogen and oxygen atoms in total. The lowest BCUT2D eigenvalue weighted by Gasteiger charge is -2.17. The lowest BCUT2D eigenvalue weighted by atomic mass is 10.0. The van der Waals surface area contributed by atoms with Gasteiger partial charge in [-0.3, -0.25) is 4.90 Å². The fourth-order valence-corrected chi connectivity index (χ4v) is 2.23. The van der Waals surface area contributed by atoms with Crippen LogP contribution in [0.5, 0.6) is 0 Å². The molecule has 114 valence electrons. The van der Waals surface area contributed by atoms with Crippen molar-refractivity contribution in [2.24, 2.45) is 5.92 Å². The fourth-order valence-electron chi connectivity index (χ4n) is 2.23. The molecule has 1 fully saturated rings. The molecule has 0 N–H and O–H groups in total. The fraction of sp³-hybridized carbons (Fsp3) is 0.400. The van der Waals surface area contributed by atoms with Gasteiger partial charge in [-0.25, -0.2) is 4.79 Å². The minimum absolute atomic E-state index is 0.0187. The van der Waals surface area contributed by atoms with Gasteiger partial charge in [0.2, 0.25) is 0 Å². The summed E-state index contributed by atoms with van der Waals surface area (Å²) in [4.78, 5) is 13.1. The molecule has 1 aliphatic rings. The predicted octanol–water partition coefficient (Wildman–Crippen LogP) is 4.20. The summed E-state index contributed by atoms with van der Waals surface area (Å²) in [7, 11) is 0. The highest BCUT2D eigenvalue weighted by molar-refractivity contribution is 5.73. The molecule has 0 aliphatic carbocycles. The summed E-state index contributed by atoms with van der Waals surface area (Å²) in [5.74, 6) is 0.0629. The quantitative estimate of drug-likeness (QED) is 0.837. The Balaban J connectivity index is 2.19. The Morgan fingerprint density at radius 1 is 1.38 bits per heavy atom. The molecule has 1 atom stereocenters. The van der Waals surface area contributed by atoms with E-state index in [9.17, 15) is 18.0 Å². The van der Waals surface area contributed by atoms with E-state index < -0.39 is 23.9 Å². The number of nitrogens with zero attached hydrogens (tertiary/aromatic N) is 1. The van der Waals surface area contributed by atoms with E-state index in [1.165, 1.54) is 11.0 Å². The summed E-state index contributed by atoms with van der Waals surface area (Å²) >= 11 is 0. The van der Waals surface area contributed by atoms with Crippen molar-refractivity contribution < 1.29 is 22.7 Å². The van der Waals surface area contributed by atoms with Gasteiger partial charge in [0.25, 0.3) is 0 Å². The second-order valence-electron chi connectivity index (χ2n) is 5.32. The second kappa shape index (κ2) is 5.42. The Hall–Kier alpha value is -1.98. The number of ether oxygens (including phenoxy) is 1. The molecule has 1 aromatic rings. The molecule has 0 saturated carbocycles. The van der Waals surface area contributed by atoms with Gasteiger partial charge in [0.05, 0.1) is 17.8 Å². The maximum atomic E-state index is 12.7. The molecule has 0 unspecified atom stereocenters. The van der Waals surface area contributed by atoms with Crippen LogP contribution >= 0.6 is 0 Å². The zero-order valence-electron chi connectivity index (χ0n) is 11.8. The molecule has 2 rings (SSSR count). The highest BCUT2D eigenvalue weighted by Crippen LogP contribution is 2.32. The lowest BCUT2D eigenvalue weighted by Crippen LogP contribution is -2.23. The average Bonchev–Trinajstić information content (AvgIpc) is 2.66. The van der Waals surface area contributed by atoms with Gasteiger partial charge in [0, 0.05) is 0 Å². The van der Waals surface area contributed by atoms with Crippen LogP contribution in [-0.2, 0) is 17.5 Å².